The molecule has 1 atom stereocenters. The Bertz CT molecular complexity index is 376. The minimum atomic E-state index is -4.89. The van der Waals surface area contributed by atoms with Crippen molar-refractivity contribution < 1.29 is 26.4 Å². The lowest BCUT2D eigenvalue weighted by molar-refractivity contribution is -0.187. The van der Waals surface area contributed by atoms with Gasteiger partial charge in [0.2, 0.25) is 5.91 Å². The highest BCUT2D eigenvalue weighted by molar-refractivity contribution is 7.91. The fraction of sp³-hybridized carbons (Fsp3) is 0.875. The van der Waals surface area contributed by atoms with Gasteiger partial charge in [0.05, 0.1) is 5.75 Å². The Hall–Kier alpha value is -0.830. The lowest BCUT2D eigenvalue weighted by Gasteiger charge is -2.26. The number of halogens is 3. The number of hydrogen-bond donors (Lipinski definition) is 2. The van der Waals surface area contributed by atoms with E-state index >= 15 is 0 Å². The van der Waals surface area contributed by atoms with Gasteiger partial charge >= 0.3 is 6.18 Å². The molecule has 0 spiro atoms. The molecule has 0 saturated carbocycles. The van der Waals surface area contributed by atoms with Gasteiger partial charge < -0.3 is 11.1 Å². The summed E-state index contributed by atoms with van der Waals surface area (Å²) in [7, 11) is -3.33. The molecule has 17 heavy (non-hydrogen) atoms. The first-order valence-corrected chi connectivity index (χ1v) is 6.60. The second-order valence-corrected chi connectivity index (χ2v) is 6.17. The topological polar surface area (TPSA) is 89.3 Å². The van der Waals surface area contributed by atoms with Crippen LogP contribution in [0.15, 0.2) is 0 Å². The summed E-state index contributed by atoms with van der Waals surface area (Å²) < 4.78 is 59.0. The zero-order valence-corrected chi connectivity index (χ0v) is 10.3. The molecule has 3 N–H and O–H groups in total. The van der Waals surface area contributed by atoms with Crippen LogP contribution >= 0.6 is 0 Å². The van der Waals surface area contributed by atoms with E-state index in [2.05, 4.69) is 0 Å². The zero-order valence-electron chi connectivity index (χ0n) is 9.47. The third-order valence-corrected chi connectivity index (χ3v) is 3.90. The van der Waals surface area contributed by atoms with Gasteiger partial charge in [0.15, 0.2) is 15.4 Å². The summed E-state index contributed by atoms with van der Waals surface area (Å²) in [6.07, 6.45) is -4.89. The Morgan fingerprint density at radius 2 is 1.82 bits per heavy atom. The maximum atomic E-state index is 12.3. The van der Waals surface area contributed by atoms with Crippen LogP contribution in [-0.4, -0.2) is 44.1 Å². The zero-order chi connectivity index (χ0) is 13.9. The van der Waals surface area contributed by atoms with Crippen LogP contribution in [0.1, 0.15) is 13.8 Å². The Labute approximate surface area is 97.5 Å². The van der Waals surface area contributed by atoms with Gasteiger partial charge in [-0.15, -0.1) is 0 Å². The monoisotopic (exact) mass is 276 g/mol. The largest absolute Gasteiger partial charge is 0.415 e. The van der Waals surface area contributed by atoms with E-state index in [0.717, 1.165) is 0 Å². The van der Waals surface area contributed by atoms with Gasteiger partial charge in [-0.1, -0.05) is 6.92 Å². The Balaban J connectivity index is 4.40. The first-order valence-electron chi connectivity index (χ1n) is 4.78. The smallest absolute Gasteiger partial charge is 0.353 e. The molecule has 5 nitrogen and oxygen atoms in total. The van der Waals surface area contributed by atoms with Crippen LogP contribution in [-0.2, 0) is 14.6 Å². The molecule has 0 heterocycles. The van der Waals surface area contributed by atoms with Crippen molar-refractivity contribution in [2.24, 2.45) is 5.73 Å². The molecule has 0 bridgehead atoms. The highest BCUT2D eigenvalue weighted by atomic mass is 32.2. The van der Waals surface area contributed by atoms with Gasteiger partial charge in [0.25, 0.3) is 0 Å². The molecule has 9 heteroatoms. The summed E-state index contributed by atoms with van der Waals surface area (Å²) in [6.45, 7) is 1.54. The SMILES string of the molecule is CCS(=O)(=O)CCNC(=O)C(C)(N)C(F)(F)F. The summed E-state index contributed by atoms with van der Waals surface area (Å²) in [6, 6.07) is 0. The standard InChI is InChI=1S/C8H15F3N2O3S/c1-3-17(15,16)5-4-13-6(14)7(2,12)8(9,10)11/h3-5,12H2,1-2H3,(H,13,14). The number of hydrogen-bond acceptors (Lipinski definition) is 4. The molecule has 0 aliphatic rings. The van der Waals surface area contributed by atoms with Gasteiger partial charge in [-0.25, -0.2) is 8.42 Å². The summed E-state index contributed by atoms with van der Waals surface area (Å²) in [5, 5.41) is 1.86. The van der Waals surface area contributed by atoms with Crippen molar-refractivity contribution >= 4 is 15.7 Å². The third-order valence-electron chi connectivity index (χ3n) is 2.20. The van der Waals surface area contributed by atoms with Crippen LogP contribution in [0.4, 0.5) is 13.2 Å². The van der Waals surface area contributed by atoms with Crippen molar-refractivity contribution in [3.05, 3.63) is 0 Å². The van der Waals surface area contributed by atoms with Crippen molar-refractivity contribution in [2.75, 3.05) is 18.1 Å². The molecule has 102 valence electrons. The number of amides is 1. The normalized spacial score (nSPS) is 16.4. The minimum absolute atomic E-state index is 0.137. The Kier molecular flexibility index (Phi) is 4.96. The predicted molar refractivity (Wildman–Crippen MR) is 56.0 cm³/mol. The number of nitrogens with one attached hydrogen (secondary N) is 1. The Morgan fingerprint density at radius 1 is 1.35 bits per heavy atom. The Morgan fingerprint density at radius 3 is 2.18 bits per heavy atom. The highest BCUT2D eigenvalue weighted by Crippen LogP contribution is 2.27. The molecule has 1 unspecified atom stereocenters. The molecular formula is C8H15F3N2O3S. The van der Waals surface area contributed by atoms with E-state index in [1.54, 1.807) is 0 Å². The van der Waals surface area contributed by atoms with E-state index in [9.17, 15) is 26.4 Å². The number of carbonyl (C=O) groups excluding carboxylic acids is 1. The fourth-order valence-corrected chi connectivity index (χ4v) is 1.48. The van der Waals surface area contributed by atoms with Gasteiger partial charge in [-0.05, 0) is 6.92 Å². The van der Waals surface area contributed by atoms with Crippen molar-refractivity contribution in [2.45, 2.75) is 25.6 Å². The second-order valence-electron chi connectivity index (χ2n) is 3.69. The van der Waals surface area contributed by atoms with Crippen LogP contribution < -0.4 is 11.1 Å². The average molecular weight is 276 g/mol. The lowest BCUT2D eigenvalue weighted by atomic mass is 10.0. The second kappa shape index (κ2) is 5.21. The molecule has 0 aromatic carbocycles. The summed E-state index contributed by atoms with van der Waals surface area (Å²) in [4.78, 5) is 11.1. The third kappa shape index (κ3) is 4.50. The number of sulfone groups is 1. The van der Waals surface area contributed by atoms with Crippen LogP contribution in [0.5, 0.6) is 0 Å². The molecule has 0 aromatic heterocycles. The molecular weight excluding hydrogens is 261 g/mol. The van der Waals surface area contributed by atoms with E-state index in [-0.39, 0.29) is 5.75 Å². The molecule has 1 amide bonds. The van der Waals surface area contributed by atoms with E-state index in [0.29, 0.717) is 6.92 Å². The average Bonchev–Trinajstić information content (AvgIpc) is 2.15. The molecule has 0 aliphatic heterocycles. The predicted octanol–water partition coefficient (Wildman–Crippen LogP) is -0.183. The fourth-order valence-electron chi connectivity index (χ4n) is 0.777. The van der Waals surface area contributed by atoms with Crippen molar-refractivity contribution in [3.8, 4) is 0 Å². The van der Waals surface area contributed by atoms with Crippen molar-refractivity contribution in [1.29, 1.82) is 0 Å². The molecule has 0 aliphatic carbocycles. The first-order chi connectivity index (χ1) is 7.44. The van der Waals surface area contributed by atoms with E-state index in [1.807, 2.05) is 5.32 Å². The number of rotatable bonds is 5. The minimum Gasteiger partial charge on any atom is -0.353 e. The maximum absolute atomic E-state index is 12.3. The van der Waals surface area contributed by atoms with Crippen LogP contribution in [0.2, 0.25) is 0 Å². The van der Waals surface area contributed by atoms with Crippen molar-refractivity contribution in [3.63, 3.8) is 0 Å². The van der Waals surface area contributed by atoms with Gasteiger partial charge in [-0.3, -0.25) is 4.79 Å². The highest BCUT2D eigenvalue weighted by Gasteiger charge is 2.53. The molecule has 0 aromatic rings. The summed E-state index contributed by atoms with van der Waals surface area (Å²) in [5.74, 6) is -2.00. The first kappa shape index (κ1) is 16.2. The van der Waals surface area contributed by atoms with Crippen molar-refractivity contribution in [1.82, 2.24) is 5.32 Å². The van der Waals surface area contributed by atoms with Crippen LogP contribution in [0.3, 0.4) is 0 Å². The lowest BCUT2D eigenvalue weighted by Crippen LogP contribution is -2.61. The van der Waals surface area contributed by atoms with E-state index in [4.69, 9.17) is 5.73 Å². The molecule has 0 rings (SSSR count). The number of carbonyl (C=O) groups is 1. The molecule has 0 saturated heterocycles. The summed E-state index contributed by atoms with van der Waals surface area (Å²) >= 11 is 0. The number of alkyl halides is 3. The van der Waals surface area contributed by atoms with Crippen LogP contribution in [0.25, 0.3) is 0 Å². The quantitative estimate of drug-likeness (QED) is 0.729. The van der Waals surface area contributed by atoms with E-state index in [1.165, 1.54) is 6.92 Å². The molecule has 0 fully saturated rings. The van der Waals surface area contributed by atoms with Gasteiger partial charge in [-0.2, -0.15) is 13.2 Å². The number of nitrogens with two attached hydrogens (primary N) is 1. The van der Waals surface area contributed by atoms with Gasteiger partial charge in [0, 0.05) is 12.3 Å². The summed E-state index contributed by atoms with van der Waals surface area (Å²) in [5.41, 5.74) is 1.81. The van der Waals surface area contributed by atoms with Gasteiger partial charge in [0.1, 0.15) is 0 Å². The molecule has 0 radical (unpaired) electrons. The van der Waals surface area contributed by atoms with Crippen LogP contribution in [0, 0.1) is 0 Å². The van der Waals surface area contributed by atoms with E-state index < -0.39 is 39.8 Å². The maximum Gasteiger partial charge on any atom is 0.415 e.